The molecule has 0 aliphatic carbocycles. The highest BCUT2D eigenvalue weighted by Crippen LogP contribution is 2.29. The molecule has 2 rings (SSSR count). The maximum Gasteiger partial charge on any atom is 0.180 e. The predicted octanol–water partition coefficient (Wildman–Crippen LogP) is 1.83. The minimum absolute atomic E-state index is 0.154. The molecule has 0 saturated heterocycles. The van der Waals surface area contributed by atoms with Crippen LogP contribution in [0.25, 0.3) is 0 Å². The third-order valence-electron chi connectivity index (χ3n) is 2.70. The first-order valence-corrected chi connectivity index (χ1v) is 6.72. The van der Waals surface area contributed by atoms with Crippen molar-refractivity contribution >= 4 is 15.5 Å². The van der Waals surface area contributed by atoms with Crippen LogP contribution >= 0.6 is 0 Å². The van der Waals surface area contributed by atoms with Crippen LogP contribution in [0.3, 0.4) is 0 Å². The van der Waals surface area contributed by atoms with Gasteiger partial charge in [-0.1, -0.05) is 19.1 Å². The number of fused-ring (bicyclic) bond motifs is 1. The third-order valence-corrected chi connectivity index (χ3v) is 4.72. The second-order valence-corrected chi connectivity index (χ2v) is 6.22. The van der Waals surface area contributed by atoms with E-state index in [1.165, 1.54) is 0 Å². The molecule has 0 fully saturated rings. The highest BCUT2D eigenvalue weighted by molar-refractivity contribution is 7.91. The summed E-state index contributed by atoms with van der Waals surface area (Å²) < 4.78 is 24.0. The zero-order valence-electron chi connectivity index (χ0n) is 8.95. The summed E-state index contributed by atoms with van der Waals surface area (Å²) in [4.78, 5) is 0.451. The van der Waals surface area contributed by atoms with Crippen LogP contribution in [0, 0.1) is 12.8 Å². The van der Waals surface area contributed by atoms with Crippen molar-refractivity contribution in [3.63, 3.8) is 0 Å². The van der Waals surface area contributed by atoms with Crippen molar-refractivity contribution in [1.29, 1.82) is 0 Å². The lowest BCUT2D eigenvalue weighted by atomic mass is 10.2. The summed E-state index contributed by atoms with van der Waals surface area (Å²) in [6, 6.07) is 5.41. The van der Waals surface area contributed by atoms with Crippen molar-refractivity contribution in [3.05, 3.63) is 23.8 Å². The van der Waals surface area contributed by atoms with Crippen molar-refractivity contribution < 1.29 is 8.42 Å². The Balaban J connectivity index is 2.64. The molecule has 1 heterocycles. The van der Waals surface area contributed by atoms with Crippen molar-refractivity contribution in [2.24, 2.45) is 5.92 Å². The van der Waals surface area contributed by atoms with Gasteiger partial charge in [-0.25, -0.2) is 8.42 Å². The van der Waals surface area contributed by atoms with Crippen LogP contribution in [0.15, 0.2) is 23.1 Å². The minimum atomic E-state index is -3.11. The van der Waals surface area contributed by atoms with Gasteiger partial charge in [-0.3, -0.25) is 0 Å². The van der Waals surface area contributed by atoms with E-state index in [1.807, 2.05) is 19.9 Å². The number of hydrogen-bond donors (Lipinski definition) is 1. The van der Waals surface area contributed by atoms with Crippen LogP contribution in [-0.2, 0) is 9.84 Å². The Hall–Kier alpha value is -1.03. The molecule has 0 spiro atoms. The lowest BCUT2D eigenvalue weighted by Crippen LogP contribution is -2.15. The van der Waals surface area contributed by atoms with Gasteiger partial charge in [0.15, 0.2) is 9.84 Å². The van der Waals surface area contributed by atoms with Crippen LogP contribution in [0.2, 0.25) is 0 Å². The molecule has 4 heteroatoms. The van der Waals surface area contributed by atoms with Gasteiger partial charge in [-0.15, -0.1) is 0 Å². The molecule has 0 amide bonds. The molecule has 1 aromatic carbocycles. The standard InChI is InChI=1S/C11H15NO2S/c1-8-6-12-11-9(2)4-3-5-10(11)15(13,14)7-8/h3-5,8,12H,6-7H2,1-2H3. The first kappa shape index (κ1) is 10.5. The van der Waals surface area contributed by atoms with Gasteiger partial charge in [0.25, 0.3) is 0 Å². The van der Waals surface area contributed by atoms with Crippen molar-refractivity contribution in [3.8, 4) is 0 Å². The van der Waals surface area contributed by atoms with E-state index in [1.54, 1.807) is 12.1 Å². The van der Waals surface area contributed by atoms with Gasteiger partial charge in [0, 0.05) is 6.54 Å². The number of para-hydroxylation sites is 1. The molecule has 1 aromatic rings. The molecular formula is C11H15NO2S. The second kappa shape index (κ2) is 3.52. The molecule has 1 unspecified atom stereocenters. The molecule has 3 nitrogen and oxygen atoms in total. The molecule has 82 valence electrons. The first-order chi connectivity index (χ1) is 7.00. The normalized spacial score (nSPS) is 23.7. The molecule has 15 heavy (non-hydrogen) atoms. The molecule has 1 atom stereocenters. The molecule has 0 radical (unpaired) electrons. The maximum absolute atomic E-state index is 12.0. The summed E-state index contributed by atoms with van der Waals surface area (Å²) in [5, 5.41) is 3.22. The van der Waals surface area contributed by atoms with Crippen molar-refractivity contribution in [1.82, 2.24) is 0 Å². The van der Waals surface area contributed by atoms with E-state index in [0.717, 1.165) is 17.8 Å². The van der Waals surface area contributed by atoms with Gasteiger partial charge in [0.05, 0.1) is 16.3 Å². The van der Waals surface area contributed by atoms with Crippen LogP contribution in [0.5, 0.6) is 0 Å². The van der Waals surface area contributed by atoms with Crippen LogP contribution < -0.4 is 5.32 Å². The zero-order chi connectivity index (χ0) is 11.1. The minimum Gasteiger partial charge on any atom is -0.383 e. The summed E-state index contributed by atoms with van der Waals surface area (Å²) in [5.41, 5.74) is 1.77. The number of hydrogen-bond acceptors (Lipinski definition) is 3. The molecule has 0 aromatic heterocycles. The predicted molar refractivity (Wildman–Crippen MR) is 60.9 cm³/mol. The van der Waals surface area contributed by atoms with Gasteiger partial charge in [-0.2, -0.15) is 0 Å². The lowest BCUT2D eigenvalue weighted by molar-refractivity contribution is 0.582. The molecule has 1 N–H and O–H groups in total. The van der Waals surface area contributed by atoms with E-state index >= 15 is 0 Å². The highest BCUT2D eigenvalue weighted by atomic mass is 32.2. The number of anilines is 1. The van der Waals surface area contributed by atoms with Crippen LogP contribution in [0.1, 0.15) is 12.5 Å². The zero-order valence-corrected chi connectivity index (χ0v) is 9.76. The fourth-order valence-corrected chi connectivity index (χ4v) is 3.80. The fourth-order valence-electron chi connectivity index (χ4n) is 1.93. The van der Waals surface area contributed by atoms with E-state index in [9.17, 15) is 8.42 Å². The van der Waals surface area contributed by atoms with Gasteiger partial charge >= 0.3 is 0 Å². The number of benzene rings is 1. The Kier molecular flexibility index (Phi) is 2.46. The average molecular weight is 225 g/mol. The van der Waals surface area contributed by atoms with E-state index in [4.69, 9.17) is 0 Å². The Morgan fingerprint density at radius 2 is 2.13 bits per heavy atom. The summed E-state index contributed by atoms with van der Waals surface area (Å²) in [5.74, 6) is 0.387. The van der Waals surface area contributed by atoms with E-state index in [0.29, 0.717) is 4.90 Å². The van der Waals surface area contributed by atoms with Crippen LogP contribution in [-0.4, -0.2) is 20.7 Å². The van der Waals surface area contributed by atoms with Crippen LogP contribution in [0.4, 0.5) is 5.69 Å². The van der Waals surface area contributed by atoms with E-state index < -0.39 is 9.84 Å². The SMILES string of the molecule is Cc1cccc2c1NCC(C)CS2(=O)=O. The van der Waals surface area contributed by atoms with E-state index in [-0.39, 0.29) is 11.7 Å². The lowest BCUT2D eigenvalue weighted by Gasteiger charge is -2.10. The maximum atomic E-state index is 12.0. The average Bonchev–Trinajstić information content (AvgIpc) is 2.24. The summed E-state index contributed by atoms with van der Waals surface area (Å²) >= 11 is 0. The first-order valence-electron chi connectivity index (χ1n) is 5.07. The second-order valence-electron chi connectivity index (χ2n) is 4.22. The largest absolute Gasteiger partial charge is 0.383 e. The number of nitrogens with one attached hydrogen (secondary N) is 1. The Morgan fingerprint density at radius 3 is 2.87 bits per heavy atom. The van der Waals surface area contributed by atoms with Crippen molar-refractivity contribution in [2.75, 3.05) is 17.6 Å². The highest BCUT2D eigenvalue weighted by Gasteiger charge is 2.25. The van der Waals surface area contributed by atoms with Gasteiger partial charge in [0.2, 0.25) is 0 Å². The quantitative estimate of drug-likeness (QED) is 0.732. The van der Waals surface area contributed by atoms with Gasteiger partial charge < -0.3 is 5.32 Å². The molecule has 1 aliphatic rings. The monoisotopic (exact) mass is 225 g/mol. The Labute approximate surface area is 90.4 Å². The summed E-state index contributed by atoms with van der Waals surface area (Å²) in [6.45, 7) is 4.60. The summed E-state index contributed by atoms with van der Waals surface area (Å²) in [6.07, 6.45) is 0. The molecule has 1 aliphatic heterocycles. The summed E-state index contributed by atoms with van der Waals surface area (Å²) in [7, 11) is -3.11. The smallest absolute Gasteiger partial charge is 0.180 e. The fraction of sp³-hybridized carbons (Fsp3) is 0.455. The number of sulfone groups is 1. The molecule has 0 saturated carbocycles. The molecule has 0 bridgehead atoms. The number of aryl methyl sites for hydroxylation is 1. The van der Waals surface area contributed by atoms with E-state index in [2.05, 4.69) is 5.32 Å². The molecular weight excluding hydrogens is 210 g/mol. The van der Waals surface area contributed by atoms with Gasteiger partial charge in [-0.05, 0) is 24.5 Å². The topological polar surface area (TPSA) is 46.2 Å². The Bertz CT molecular complexity index is 479. The van der Waals surface area contributed by atoms with Gasteiger partial charge in [0.1, 0.15) is 0 Å². The Morgan fingerprint density at radius 1 is 1.40 bits per heavy atom. The third kappa shape index (κ3) is 1.86. The number of rotatable bonds is 0. The van der Waals surface area contributed by atoms with Crippen molar-refractivity contribution in [2.45, 2.75) is 18.7 Å².